The molecule has 1 aliphatic rings. The highest BCUT2D eigenvalue weighted by molar-refractivity contribution is 8.00. The summed E-state index contributed by atoms with van der Waals surface area (Å²) in [5, 5.41) is 0.663. The third-order valence-corrected chi connectivity index (χ3v) is 7.05. The van der Waals surface area contributed by atoms with Gasteiger partial charge in [-0.1, -0.05) is 31.0 Å². The van der Waals surface area contributed by atoms with Crippen molar-refractivity contribution in [3.8, 4) is 0 Å². The molecule has 0 radical (unpaired) electrons. The van der Waals surface area contributed by atoms with Gasteiger partial charge in [0.05, 0.1) is 16.6 Å². The summed E-state index contributed by atoms with van der Waals surface area (Å²) in [5.41, 5.74) is 4.95. The van der Waals surface area contributed by atoms with Crippen LogP contribution in [0.25, 0.3) is 0 Å². The molecule has 1 fully saturated rings. The zero-order chi connectivity index (χ0) is 20.6. The molecule has 0 amide bonds. The third-order valence-electron chi connectivity index (χ3n) is 5.98. The van der Waals surface area contributed by atoms with E-state index in [9.17, 15) is 9.59 Å². The number of H-pyrrole nitrogens is 1. The maximum absolute atomic E-state index is 13.1. The average Bonchev–Trinajstić information content (AvgIpc) is 3.10. The predicted molar refractivity (Wildman–Crippen MR) is 114 cm³/mol. The van der Waals surface area contributed by atoms with Crippen molar-refractivity contribution >= 4 is 23.3 Å². The number of aromatic nitrogens is 3. The molecule has 0 unspecified atom stereocenters. The van der Waals surface area contributed by atoms with E-state index < -0.39 is 0 Å². The van der Waals surface area contributed by atoms with Crippen LogP contribution in [-0.4, -0.2) is 31.4 Å². The molecule has 0 aromatic carbocycles. The van der Waals surface area contributed by atoms with E-state index in [4.69, 9.17) is 4.98 Å². The van der Waals surface area contributed by atoms with Gasteiger partial charge < -0.3 is 9.55 Å². The van der Waals surface area contributed by atoms with Crippen LogP contribution >= 0.6 is 11.8 Å². The number of Topliss-reactive ketones (excluding diaryl/α,β-unsaturated/α-hetero) is 2. The number of carbonyl (C=O) groups is 2. The van der Waals surface area contributed by atoms with Gasteiger partial charge >= 0.3 is 0 Å². The number of nitrogens with zero attached hydrogens (tertiary/aromatic N) is 2. The predicted octanol–water partition coefficient (Wildman–Crippen LogP) is 5.52. The SMILES string of the molecule is CC(=O)c1c(C)[nH]c(C(=O)[C@@H](C)Sc2nc(C)c(C)n2C2CCCCC2)c1C. The van der Waals surface area contributed by atoms with E-state index in [2.05, 4.69) is 16.5 Å². The van der Waals surface area contributed by atoms with Gasteiger partial charge in [0.15, 0.2) is 16.7 Å². The second kappa shape index (κ2) is 8.27. The van der Waals surface area contributed by atoms with Gasteiger partial charge in [0.25, 0.3) is 0 Å². The van der Waals surface area contributed by atoms with Gasteiger partial charge in [-0.05, 0) is 59.9 Å². The lowest BCUT2D eigenvalue weighted by Gasteiger charge is -2.26. The molecule has 0 aliphatic heterocycles. The van der Waals surface area contributed by atoms with E-state index in [1.165, 1.54) is 49.6 Å². The maximum atomic E-state index is 13.1. The topological polar surface area (TPSA) is 67.8 Å². The molecule has 2 aromatic heterocycles. The van der Waals surface area contributed by atoms with Crippen LogP contribution in [-0.2, 0) is 0 Å². The van der Waals surface area contributed by atoms with Crippen molar-refractivity contribution in [2.75, 3.05) is 0 Å². The van der Waals surface area contributed by atoms with Crippen LogP contribution in [0.5, 0.6) is 0 Å². The maximum Gasteiger partial charge on any atom is 0.192 e. The Hall–Kier alpha value is -1.82. The number of aromatic amines is 1. The number of hydrogen-bond donors (Lipinski definition) is 1. The normalized spacial score (nSPS) is 16.4. The quantitative estimate of drug-likeness (QED) is 0.511. The first-order chi connectivity index (χ1) is 13.2. The highest BCUT2D eigenvalue weighted by Gasteiger charge is 2.28. The smallest absolute Gasteiger partial charge is 0.192 e. The lowest BCUT2D eigenvalue weighted by molar-refractivity contribution is 0.0988. The van der Waals surface area contributed by atoms with Crippen LogP contribution in [0, 0.1) is 27.7 Å². The molecule has 0 saturated heterocycles. The van der Waals surface area contributed by atoms with E-state index in [0.717, 1.165) is 22.1 Å². The molecule has 1 aliphatic carbocycles. The van der Waals surface area contributed by atoms with Gasteiger partial charge in [0, 0.05) is 23.0 Å². The van der Waals surface area contributed by atoms with Crippen LogP contribution in [0.2, 0.25) is 0 Å². The van der Waals surface area contributed by atoms with Gasteiger partial charge in [-0.2, -0.15) is 0 Å². The summed E-state index contributed by atoms with van der Waals surface area (Å²) in [6.07, 6.45) is 6.20. The molecule has 28 heavy (non-hydrogen) atoms. The number of thioether (sulfide) groups is 1. The number of nitrogens with one attached hydrogen (secondary N) is 1. The first kappa shape index (κ1) is 20.9. The van der Waals surface area contributed by atoms with Crippen LogP contribution in [0.4, 0.5) is 0 Å². The fourth-order valence-corrected chi connectivity index (χ4v) is 5.52. The summed E-state index contributed by atoms with van der Waals surface area (Å²) in [5.74, 6) is 0.0105. The lowest BCUT2D eigenvalue weighted by Crippen LogP contribution is -2.19. The van der Waals surface area contributed by atoms with Crippen LogP contribution in [0.1, 0.15) is 95.5 Å². The van der Waals surface area contributed by atoms with E-state index in [-0.39, 0.29) is 16.8 Å². The van der Waals surface area contributed by atoms with Crippen LogP contribution in [0.3, 0.4) is 0 Å². The molecule has 3 rings (SSSR count). The molecule has 2 heterocycles. The minimum absolute atomic E-state index is 0.00954. The minimum Gasteiger partial charge on any atom is -0.355 e. The van der Waals surface area contributed by atoms with Crippen molar-refractivity contribution in [3.63, 3.8) is 0 Å². The molecular formula is C22H31N3O2S. The van der Waals surface area contributed by atoms with Gasteiger partial charge in [0.2, 0.25) is 0 Å². The molecule has 1 atom stereocenters. The summed E-state index contributed by atoms with van der Waals surface area (Å²) in [7, 11) is 0. The fourth-order valence-electron chi connectivity index (χ4n) is 4.39. The molecule has 1 saturated carbocycles. The Kier molecular flexibility index (Phi) is 6.18. The minimum atomic E-state index is -0.278. The van der Waals surface area contributed by atoms with Crippen molar-refractivity contribution in [3.05, 3.63) is 33.9 Å². The van der Waals surface area contributed by atoms with Crippen molar-refractivity contribution in [1.29, 1.82) is 0 Å². The van der Waals surface area contributed by atoms with Crippen molar-refractivity contribution in [2.45, 2.75) is 90.1 Å². The average molecular weight is 402 g/mol. The van der Waals surface area contributed by atoms with Crippen LogP contribution in [0.15, 0.2) is 5.16 Å². The second-order valence-electron chi connectivity index (χ2n) is 8.03. The number of aryl methyl sites for hydroxylation is 2. The summed E-state index contributed by atoms with van der Waals surface area (Å²) in [6, 6.07) is 0.485. The van der Waals surface area contributed by atoms with E-state index in [1.807, 2.05) is 27.7 Å². The standard InChI is InChI=1S/C22H31N3O2S/c1-12-19(16(5)26)14(3)23-20(12)21(27)17(6)28-22-24-13(2)15(4)25(22)18-10-8-7-9-11-18/h17-18,23H,7-11H2,1-6H3/t17-/m1/s1. The highest BCUT2D eigenvalue weighted by Crippen LogP contribution is 2.36. The Morgan fingerprint density at radius 3 is 2.36 bits per heavy atom. The van der Waals surface area contributed by atoms with Crippen molar-refractivity contribution < 1.29 is 9.59 Å². The third kappa shape index (κ3) is 3.84. The fraction of sp³-hybridized carbons (Fsp3) is 0.591. The van der Waals surface area contributed by atoms with Crippen molar-refractivity contribution in [1.82, 2.24) is 14.5 Å². The van der Waals surface area contributed by atoms with E-state index in [1.54, 1.807) is 6.92 Å². The van der Waals surface area contributed by atoms with E-state index in [0.29, 0.717) is 17.3 Å². The molecule has 6 heteroatoms. The van der Waals surface area contributed by atoms with Crippen LogP contribution < -0.4 is 0 Å². The Morgan fingerprint density at radius 2 is 1.79 bits per heavy atom. The van der Waals surface area contributed by atoms with Gasteiger partial charge in [-0.15, -0.1) is 0 Å². The van der Waals surface area contributed by atoms with Gasteiger partial charge in [-0.3, -0.25) is 9.59 Å². The first-order valence-electron chi connectivity index (χ1n) is 10.2. The Balaban J connectivity index is 1.86. The first-order valence-corrected chi connectivity index (χ1v) is 11.1. The number of rotatable bonds is 6. The molecule has 152 valence electrons. The molecular weight excluding hydrogens is 370 g/mol. The molecule has 2 aromatic rings. The Morgan fingerprint density at radius 1 is 1.14 bits per heavy atom. The summed E-state index contributed by atoms with van der Waals surface area (Å²) >= 11 is 1.53. The van der Waals surface area contributed by atoms with Crippen molar-refractivity contribution in [2.24, 2.45) is 0 Å². The lowest BCUT2D eigenvalue weighted by atomic mass is 9.95. The largest absolute Gasteiger partial charge is 0.355 e. The molecule has 0 bridgehead atoms. The Bertz CT molecular complexity index is 904. The van der Waals surface area contributed by atoms with Gasteiger partial charge in [0.1, 0.15) is 0 Å². The zero-order valence-corrected chi connectivity index (χ0v) is 18.6. The summed E-state index contributed by atoms with van der Waals surface area (Å²) < 4.78 is 2.36. The van der Waals surface area contributed by atoms with Gasteiger partial charge in [-0.25, -0.2) is 4.98 Å². The molecule has 5 nitrogen and oxygen atoms in total. The molecule has 1 N–H and O–H groups in total. The number of hydrogen-bond acceptors (Lipinski definition) is 4. The number of carbonyl (C=O) groups excluding carboxylic acids is 2. The number of ketones is 2. The Labute approximate surface area is 171 Å². The summed E-state index contributed by atoms with van der Waals surface area (Å²) in [4.78, 5) is 33.0. The summed E-state index contributed by atoms with van der Waals surface area (Å²) in [6.45, 7) is 11.3. The molecule has 0 spiro atoms. The van der Waals surface area contributed by atoms with E-state index >= 15 is 0 Å². The highest BCUT2D eigenvalue weighted by atomic mass is 32.2. The number of imidazole rings is 1. The zero-order valence-electron chi connectivity index (χ0n) is 17.8. The monoisotopic (exact) mass is 401 g/mol. The second-order valence-corrected chi connectivity index (χ2v) is 9.34.